The van der Waals surface area contributed by atoms with Gasteiger partial charge in [0, 0.05) is 5.69 Å². The molecule has 82 valence electrons. The Balaban J connectivity index is 3.53. The molecule has 6 nitrogen and oxygen atoms in total. The summed E-state index contributed by atoms with van der Waals surface area (Å²) in [5, 5.41) is 8.85. The third-order valence-corrected chi connectivity index (χ3v) is 2.36. The highest BCUT2D eigenvalue weighted by Crippen LogP contribution is 2.10. The molecule has 0 aliphatic rings. The Bertz CT molecular complexity index is 464. The number of hydrogen-bond acceptors (Lipinski definition) is 4. The molecule has 0 spiro atoms. The minimum Gasteiger partial charge on any atom is -0.480 e. The molecule has 0 fully saturated rings. The molecule has 0 aromatic carbocycles. The number of rotatable bonds is 2. The van der Waals surface area contributed by atoms with Crippen molar-refractivity contribution in [3.8, 4) is 0 Å². The summed E-state index contributed by atoms with van der Waals surface area (Å²) in [6, 6.07) is -0.943. The summed E-state index contributed by atoms with van der Waals surface area (Å²) in [7, 11) is 0. The van der Waals surface area contributed by atoms with Crippen molar-refractivity contribution in [2.75, 3.05) is 5.73 Å². The molecule has 1 atom stereocenters. The summed E-state index contributed by atoms with van der Waals surface area (Å²) in [6.45, 7) is 4.74. The van der Waals surface area contributed by atoms with Gasteiger partial charge in [-0.2, -0.15) is 0 Å². The van der Waals surface area contributed by atoms with Crippen LogP contribution in [0.5, 0.6) is 0 Å². The molecule has 1 unspecified atom stereocenters. The van der Waals surface area contributed by atoms with Crippen LogP contribution in [0.1, 0.15) is 24.4 Å². The minimum absolute atomic E-state index is 0.175. The third-order valence-electron chi connectivity index (χ3n) is 2.36. The van der Waals surface area contributed by atoms with Crippen molar-refractivity contribution in [1.29, 1.82) is 0 Å². The monoisotopic (exact) mass is 211 g/mol. The van der Waals surface area contributed by atoms with E-state index in [4.69, 9.17) is 10.8 Å². The van der Waals surface area contributed by atoms with Gasteiger partial charge in [0.15, 0.2) is 5.82 Å². The van der Waals surface area contributed by atoms with Crippen LogP contribution in [0, 0.1) is 13.8 Å². The Morgan fingerprint density at radius 2 is 2.07 bits per heavy atom. The van der Waals surface area contributed by atoms with Gasteiger partial charge in [0.05, 0.1) is 5.69 Å². The number of aromatic nitrogens is 2. The number of aryl methyl sites for hydroxylation is 1. The van der Waals surface area contributed by atoms with Gasteiger partial charge in [-0.1, -0.05) is 0 Å². The molecule has 1 aromatic rings. The molecule has 1 heterocycles. The molecule has 1 rings (SSSR count). The molecule has 1 aromatic heterocycles. The molecule has 0 saturated carbocycles. The first-order valence-electron chi connectivity index (χ1n) is 4.44. The van der Waals surface area contributed by atoms with Gasteiger partial charge in [-0.25, -0.2) is 9.78 Å². The number of nitrogens with zero attached hydrogens (tertiary/aromatic N) is 2. The number of carboxylic acids is 1. The van der Waals surface area contributed by atoms with Crippen LogP contribution in [-0.2, 0) is 4.79 Å². The van der Waals surface area contributed by atoms with Crippen molar-refractivity contribution >= 4 is 11.8 Å². The number of aliphatic carboxylic acids is 1. The maximum absolute atomic E-state index is 11.6. The Labute approximate surface area is 86.4 Å². The Hall–Kier alpha value is -1.85. The first-order valence-corrected chi connectivity index (χ1v) is 4.44. The second-order valence-electron chi connectivity index (χ2n) is 3.36. The van der Waals surface area contributed by atoms with Crippen LogP contribution >= 0.6 is 0 Å². The second-order valence-corrected chi connectivity index (χ2v) is 3.36. The van der Waals surface area contributed by atoms with E-state index in [1.165, 1.54) is 6.92 Å². The summed E-state index contributed by atoms with van der Waals surface area (Å²) in [5.41, 5.74) is 5.90. The number of hydrogen-bond donors (Lipinski definition) is 2. The summed E-state index contributed by atoms with van der Waals surface area (Å²) < 4.78 is 1.14. The number of nitrogens with two attached hydrogens (primary N) is 1. The van der Waals surface area contributed by atoms with Crippen molar-refractivity contribution in [2.24, 2.45) is 0 Å². The highest BCUT2D eigenvalue weighted by atomic mass is 16.4. The van der Waals surface area contributed by atoms with Crippen LogP contribution in [-0.4, -0.2) is 20.6 Å². The van der Waals surface area contributed by atoms with Crippen molar-refractivity contribution in [3.63, 3.8) is 0 Å². The lowest BCUT2D eigenvalue weighted by atomic mass is 10.2. The van der Waals surface area contributed by atoms with Gasteiger partial charge < -0.3 is 10.8 Å². The van der Waals surface area contributed by atoms with Crippen molar-refractivity contribution < 1.29 is 9.90 Å². The topological polar surface area (TPSA) is 98.2 Å². The number of nitrogen functional groups attached to an aromatic ring is 1. The standard InChI is InChI=1S/C9H13N3O3/c1-4-5(2)12(6(3)9(14)15)8(13)7(10)11-4/h6H,1-3H3,(H2,10,11)(H,14,15). The maximum atomic E-state index is 11.6. The highest BCUT2D eigenvalue weighted by Gasteiger charge is 2.19. The molecule has 0 amide bonds. The van der Waals surface area contributed by atoms with Crippen LogP contribution in [0.25, 0.3) is 0 Å². The molecule has 0 saturated heterocycles. The predicted octanol–water partition coefficient (Wildman–Crippen LogP) is 0.0879. The second kappa shape index (κ2) is 3.72. The van der Waals surface area contributed by atoms with E-state index >= 15 is 0 Å². The number of carbonyl (C=O) groups is 1. The SMILES string of the molecule is Cc1nc(N)c(=O)n(C(C)C(=O)O)c1C. The highest BCUT2D eigenvalue weighted by molar-refractivity contribution is 5.71. The van der Waals surface area contributed by atoms with E-state index in [1.807, 2.05) is 0 Å². The lowest BCUT2D eigenvalue weighted by Gasteiger charge is -2.15. The van der Waals surface area contributed by atoms with Crippen molar-refractivity contribution in [2.45, 2.75) is 26.8 Å². The lowest BCUT2D eigenvalue weighted by Crippen LogP contribution is -2.33. The van der Waals surface area contributed by atoms with E-state index in [9.17, 15) is 9.59 Å². The molecule has 0 radical (unpaired) electrons. The first-order chi connectivity index (χ1) is 6.86. The lowest BCUT2D eigenvalue weighted by molar-refractivity contribution is -0.140. The van der Waals surface area contributed by atoms with E-state index < -0.39 is 17.6 Å². The van der Waals surface area contributed by atoms with Crippen molar-refractivity contribution in [3.05, 3.63) is 21.7 Å². The number of anilines is 1. The smallest absolute Gasteiger partial charge is 0.326 e. The largest absolute Gasteiger partial charge is 0.480 e. The minimum atomic E-state index is -1.08. The fraction of sp³-hybridized carbons (Fsp3) is 0.444. The average molecular weight is 211 g/mol. The molecule has 0 aliphatic heterocycles. The van der Waals surface area contributed by atoms with E-state index in [-0.39, 0.29) is 5.82 Å². The van der Waals surface area contributed by atoms with E-state index in [0.717, 1.165) is 4.57 Å². The van der Waals surface area contributed by atoms with Crippen LogP contribution in [0.3, 0.4) is 0 Å². The van der Waals surface area contributed by atoms with Gasteiger partial charge in [-0.05, 0) is 20.8 Å². The average Bonchev–Trinajstić information content (AvgIpc) is 2.15. The number of carboxylic acid groups (broad SMARTS) is 1. The van der Waals surface area contributed by atoms with E-state index in [2.05, 4.69) is 4.98 Å². The Morgan fingerprint density at radius 3 is 2.53 bits per heavy atom. The van der Waals surface area contributed by atoms with Crippen LogP contribution in [0.2, 0.25) is 0 Å². The molecule has 3 N–H and O–H groups in total. The van der Waals surface area contributed by atoms with Crippen LogP contribution in [0.4, 0.5) is 5.82 Å². The first kappa shape index (κ1) is 11.2. The van der Waals surface area contributed by atoms with Gasteiger partial charge in [0.25, 0.3) is 5.56 Å². The molecule has 15 heavy (non-hydrogen) atoms. The van der Waals surface area contributed by atoms with Gasteiger partial charge in [0.2, 0.25) is 0 Å². The van der Waals surface area contributed by atoms with Crippen LogP contribution < -0.4 is 11.3 Å². The fourth-order valence-electron chi connectivity index (χ4n) is 1.34. The van der Waals surface area contributed by atoms with Gasteiger partial charge >= 0.3 is 5.97 Å². The van der Waals surface area contributed by atoms with Gasteiger partial charge in [-0.3, -0.25) is 9.36 Å². The van der Waals surface area contributed by atoms with E-state index in [0.29, 0.717) is 11.4 Å². The zero-order valence-electron chi connectivity index (χ0n) is 8.81. The van der Waals surface area contributed by atoms with Gasteiger partial charge in [0.1, 0.15) is 6.04 Å². The van der Waals surface area contributed by atoms with Gasteiger partial charge in [-0.15, -0.1) is 0 Å². The Morgan fingerprint density at radius 1 is 1.53 bits per heavy atom. The summed E-state index contributed by atoms with van der Waals surface area (Å²) in [4.78, 5) is 26.2. The van der Waals surface area contributed by atoms with Crippen molar-refractivity contribution in [1.82, 2.24) is 9.55 Å². The molecule has 0 aliphatic carbocycles. The molecule has 6 heteroatoms. The molecular weight excluding hydrogens is 198 g/mol. The predicted molar refractivity (Wildman–Crippen MR) is 54.7 cm³/mol. The summed E-state index contributed by atoms with van der Waals surface area (Å²) in [5.74, 6) is -1.25. The third kappa shape index (κ3) is 1.83. The zero-order valence-corrected chi connectivity index (χ0v) is 8.81. The normalized spacial score (nSPS) is 12.5. The summed E-state index contributed by atoms with van der Waals surface area (Å²) >= 11 is 0. The molecular formula is C9H13N3O3. The zero-order chi connectivity index (χ0) is 11.7. The Kier molecular flexibility index (Phi) is 2.78. The molecule has 0 bridgehead atoms. The fourth-order valence-corrected chi connectivity index (χ4v) is 1.34. The maximum Gasteiger partial charge on any atom is 0.326 e. The van der Waals surface area contributed by atoms with Crippen LogP contribution in [0.15, 0.2) is 4.79 Å². The quantitative estimate of drug-likeness (QED) is 0.722. The summed E-state index contributed by atoms with van der Waals surface area (Å²) in [6.07, 6.45) is 0. The van der Waals surface area contributed by atoms with E-state index in [1.54, 1.807) is 13.8 Å².